The number of ether oxygens (including phenoxy) is 1. The van der Waals surface area contributed by atoms with Crippen LogP contribution in [0.1, 0.15) is 39.5 Å². The molecule has 1 saturated heterocycles. The van der Waals surface area contributed by atoms with Gasteiger partial charge in [0.1, 0.15) is 6.61 Å². The third kappa shape index (κ3) is 4.10. The number of hydrogen-bond acceptors (Lipinski definition) is 3. The van der Waals surface area contributed by atoms with Gasteiger partial charge in [-0.1, -0.05) is 0 Å². The van der Waals surface area contributed by atoms with E-state index >= 15 is 0 Å². The van der Waals surface area contributed by atoms with Gasteiger partial charge in [0.2, 0.25) is 0 Å². The van der Waals surface area contributed by atoms with E-state index in [-0.39, 0.29) is 24.3 Å². The lowest BCUT2D eigenvalue weighted by atomic mass is 9.99. The van der Waals surface area contributed by atoms with E-state index in [2.05, 4.69) is 19.2 Å². The first-order valence-electron chi connectivity index (χ1n) is 7.29. The Balaban J connectivity index is 1.72. The topological polar surface area (TPSA) is 78.9 Å². The van der Waals surface area contributed by atoms with Crippen molar-refractivity contribution in [3.8, 4) is 0 Å². The molecule has 2 rings (SSSR count). The highest BCUT2D eigenvalue weighted by Gasteiger charge is 2.39. The van der Waals surface area contributed by atoms with E-state index in [0.29, 0.717) is 31.8 Å². The Morgan fingerprint density at radius 1 is 1.25 bits per heavy atom. The fourth-order valence-electron chi connectivity index (χ4n) is 2.68. The largest absolute Gasteiger partial charge is 0.480 e. The third-order valence-electron chi connectivity index (χ3n) is 4.20. The summed E-state index contributed by atoms with van der Waals surface area (Å²) >= 11 is 0. The van der Waals surface area contributed by atoms with Crippen molar-refractivity contribution < 1.29 is 19.4 Å². The zero-order valence-corrected chi connectivity index (χ0v) is 12.2. The van der Waals surface area contributed by atoms with E-state index in [0.717, 1.165) is 0 Å². The van der Waals surface area contributed by atoms with Gasteiger partial charge in [-0.15, -0.1) is 0 Å². The van der Waals surface area contributed by atoms with Crippen molar-refractivity contribution in [1.82, 2.24) is 10.2 Å². The molecule has 0 atom stereocenters. The quantitative estimate of drug-likeness (QED) is 0.801. The maximum atomic E-state index is 12.2. The van der Waals surface area contributed by atoms with Gasteiger partial charge in [0.25, 0.3) is 0 Å². The average molecular weight is 284 g/mol. The molecule has 1 aliphatic carbocycles. The minimum absolute atomic E-state index is 0.0152. The van der Waals surface area contributed by atoms with Crippen molar-refractivity contribution in [1.29, 1.82) is 0 Å². The molecule has 2 amide bonds. The molecule has 0 aromatic carbocycles. The molecule has 1 aliphatic heterocycles. The Bertz CT molecular complexity index is 371. The highest BCUT2D eigenvalue weighted by atomic mass is 16.5. The summed E-state index contributed by atoms with van der Waals surface area (Å²) < 4.78 is 5.26. The first kappa shape index (κ1) is 15.1. The number of carbonyl (C=O) groups is 2. The number of carboxylic acids is 1. The molecular weight excluding hydrogens is 260 g/mol. The molecule has 1 heterocycles. The standard InChI is InChI=1S/C14H24N2O4/c1-14(2,10-3-4-10)15-13(19)16-7-5-11(6-8-16)20-9-12(17)18/h10-11H,3-9H2,1-2H3,(H,15,19)(H,17,18). The number of rotatable bonds is 5. The van der Waals surface area contributed by atoms with E-state index in [1.54, 1.807) is 4.90 Å². The first-order chi connectivity index (χ1) is 9.38. The Labute approximate surface area is 119 Å². The van der Waals surface area contributed by atoms with E-state index in [4.69, 9.17) is 9.84 Å². The number of urea groups is 1. The van der Waals surface area contributed by atoms with Crippen molar-refractivity contribution in [2.45, 2.75) is 51.2 Å². The molecule has 2 fully saturated rings. The second-order valence-corrected chi connectivity index (χ2v) is 6.32. The summed E-state index contributed by atoms with van der Waals surface area (Å²) in [5, 5.41) is 11.7. The SMILES string of the molecule is CC(C)(NC(=O)N1CCC(OCC(=O)O)CC1)C1CC1. The summed E-state index contributed by atoms with van der Waals surface area (Å²) in [5.74, 6) is -0.348. The number of hydrogen-bond donors (Lipinski definition) is 2. The Morgan fingerprint density at radius 2 is 1.85 bits per heavy atom. The molecule has 6 nitrogen and oxygen atoms in total. The van der Waals surface area contributed by atoms with Crippen molar-refractivity contribution >= 4 is 12.0 Å². The first-order valence-corrected chi connectivity index (χ1v) is 7.29. The molecule has 0 aromatic heterocycles. The molecular formula is C14H24N2O4. The van der Waals surface area contributed by atoms with Crippen LogP contribution in [0.5, 0.6) is 0 Å². The summed E-state index contributed by atoms with van der Waals surface area (Å²) in [5.41, 5.74) is -0.131. The molecule has 0 unspecified atom stereocenters. The number of nitrogens with zero attached hydrogens (tertiary/aromatic N) is 1. The number of piperidine rings is 1. The van der Waals surface area contributed by atoms with Crippen LogP contribution in [0.3, 0.4) is 0 Å². The van der Waals surface area contributed by atoms with Gasteiger partial charge in [-0.25, -0.2) is 9.59 Å². The van der Waals surface area contributed by atoms with Gasteiger partial charge >= 0.3 is 12.0 Å². The van der Waals surface area contributed by atoms with E-state index < -0.39 is 5.97 Å². The lowest BCUT2D eigenvalue weighted by Crippen LogP contribution is -2.53. The molecule has 0 radical (unpaired) electrons. The Hall–Kier alpha value is -1.30. The van der Waals surface area contributed by atoms with Crippen LogP contribution >= 0.6 is 0 Å². The molecule has 20 heavy (non-hydrogen) atoms. The molecule has 0 aromatic rings. The summed E-state index contributed by atoms with van der Waals surface area (Å²) in [6, 6.07) is -0.0152. The molecule has 1 saturated carbocycles. The smallest absolute Gasteiger partial charge is 0.329 e. The highest BCUT2D eigenvalue weighted by Crippen LogP contribution is 2.39. The Morgan fingerprint density at radius 3 is 2.35 bits per heavy atom. The molecule has 6 heteroatoms. The average Bonchev–Trinajstić information content (AvgIpc) is 3.21. The van der Waals surface area contributed by atoms with Crippen molar-refractivity contribution in [3.63, 3.8) is 0 Å². The number of aliphatic carboxylic acids is 1. The van der Waals surface area contributed by atoms with E-state index in [9.17, 15) is 9.59 Å². The minimum Gasteiger partial charge on any atom is -0.480 e. The minimum atomic E-state index is -0.948. The van der Waals surface area contributed by atoms with Crippen LogP contribution in [0.4, 0.5) is 4.79 Å². The van der Waals surface area contributed by atoms with Crippen LogP contribution in [0.15, 0.2) is 0 Å². The summed E-state index contributed by atoms with van der Waals surface area (Å²) in [4.78, 5) is 24.4. The predicted molar refractivity (Wildman–Crippen MR) is 73.5 cm³/mol. The number of nitrogens with one attached hydrogen (secondary N) is 1. The van der Waals surface area contributed by atoms with Crippen LogP contribution in [0.2, 0.25) is 0 Å². The van der Waals surface area contributed by atoms with Gasteiger partial charge < -0.3 is 20.1 Å². The molecule has 0 bridgehead atoms. The van der Waals surface area contributed by atoms with E-state index in [1.165, 1.54) is 12.8 Å². The predicted octanol–water partition coefficient (Wildman–Crippen LogP) is 1.45. The zero-order chi connectivity index (χ0) is 14.8. The van der Waals surface area contributed by atoms with Crippen LogP contribution in [0.25, 0.3) is 0 Å². The van der Waals surface area contributed by atoms with Crippen LogP contribution in [-0.2, 0) is 9.53 Å². The highest BCUT2D eigenvalue weighted by molar-refractivity contribution is 5.75. The summed E-state index contributed by atoms with van der Waals surface area (Å²) in [6.45, 7) is 5.13. The van der Waals surface area contributed by atoms with Crippen molar-refractivity contribution in [2.24, 2.45) is 5.92 Å². The van der Waals surface area contributed by atoms with Gasteiger partial charge in [-0.3, -0.25) is 0 Å². The van der Waals surface area contributed by atoms with Gasteiger partial charge in [-0.05, 0) is 45.4 Å². The van der Waals surface area contributed by atoms with Crippen LogP contribution in [-0.4, -0.2) is 53.3 Å². The maximum Gasteiger partial charge on any atom is 0.329 e. The summed E-state index contributed by atoms with van der Waals surface area (Å²) in [7, 11) is 0. The normalized spacial score (nSPS) is 20.8. The fourth-order valence-corrected chi connectivity index (χ4v) is 2.68. The lowest BCUT2D eigenvalue weighted by molar-refractivity contribution is -0.145. The fraction of sp³-hybridized carbons (Fsp3) is 0.857. The van der Waals surface area contributed by atoms with Crippen LogP contribution < -0.4 is 5.32 Å². The number of carboxylic acid groups (broad SMARTS) is 1. The van der Waals surface area contributed by atoms with Gasteiger partial charge in [0, 0.05) is 18.6 Å². The third-order valence-corrected chi connectivity index (χ3v) is 4.20. The van der Waals surface area contributed by atoms with Crippen LogP contribution in [0, 0.1) is 5.92 Å². The maximum absolute atomic E-state index is 12.2. The van der Waals surface area contributed by atoms with E-state index in [1.807, 2.05) is 0 Å². The second kappa shape index (κ2) is 5.99. The number of likely N-dealkylation sites (tertiary alicyclic amines) is 1. The molecule has 114 valence electrons. The second-order valence-electron chi connectivity index (χ2n) is 6.32. The molecule has 2 aliphatic rings. The number of amides is 2. The Kier molecular flexibility index (Phi) is 4.52. The summed E-state index contributed by atoms with van der Waals surface area (Å²) in [6.07, 6.45) is 3.73. The van der Waals surface area contributed by atoms with Gasteiger partial charge in [0.05, 0.1) is 6.10 Å². The van der Waals surface area contributed by atoms with Crippen molar-refractivity contribution in [3.05, 3.63) is 0 Å². The monoisotopic (exact) mass is 284 g/mol. The lowest BCUT2D eigenvalue weighted by Gasteiger charge is -2.35. The zero-order valence-electron chi connectivity index (χ0n) is 12.2. The molecule has 0 spiro atoms. The van der Waals surface area contributed by atoms with Crippen molar-refractivity contribution in [2.75, 3.05) is 19.7 Å². The number of carbonyl (C=O) groups excluding carboxylic acids is 1. The van der Waals surface area contributed by atoms with Gasteiger partial charge in [-0.2, -0.15) is 0 Å². The van der Waals surface area contributed by atoms with Gasteiger partial charge in [0.15, 0.2) is 0 Å². The molecule has 2 N–H and O–H groups in total.